The first kappa shape index (κ1) is 12.8. The second kappa shape index (κ2) is 4.56. The molecule has 0 bridgehead atoms. The Kier molecular flexibility index (Phi) is 2.66. The van der Waals surface area contributed by atoms with Crippen molar-refractivity contribution in [2.24, 2.45) is 0 Å². The van der Waals surface area contributed by atoms with E-state index in [4.69, 9.17) is 15.1 Å². The van der Waals surface area contributed by atoms with Gasteiger partial charge in [-0.2, -0.15) is 0 Å². The Morgan fingerprint density at radius 2 is 1.77 bits per heavy atom. The molecule has 0 fully saturated rings. The Hall–Kier alpha value is -2.88. The fraction of sp³-hybridized carbons (Fsp3) is 0.111. The number of hydrogen-bond acceptors (Lipinski definition) is 3. The highest BCUT2D eigenvalue weighted by Crippen LogP contribution is 2.32. The monoisotopic (exact) mass is 290 g/mol. The molecule has 0 amide bonds. The lowest BCUT2D eigenvalue weighted by Crippen LogP contribution is -2.21. The minimum Gasteiger partial charge on any atom is -0.452 e. The molecule has 4 heteroatoms. The van der Waals surface area contributed by atoms with Crippen molar-refractivity contribution in [1.29, 1.82) is 0 Å². The van der Waals surface area contributed by atoms with Crippen LogP contribution in [-0.2, 0) is 0 Å². The van der Waals surface area contributed by atoms with Crippen LogP contribution in [0.15, 0.2) is 52.9 Å². The first-order valence-electron chi connectivity index (χ1n) is 7.15. The quantitative estimate of drug-likeness (QED) is 0.234. The highest BCUT2D eigenvalue weighted by molar-refractivity contribution is 6.09. The summed E-state index contributed by atoms with van der Waals surface area (Å²) >= 11 is 0. The lowest BCUT2D eigenvalue weighted by atomic mass is 10.1. The van der Waals surface area contributed by atoms with Gasteiger partial charge in [0.15, 0.2) is 11.3 Å². The molecule has 1 aliphatic heterocycles. The standard InChI is InChI=1S/C18H15N3O/c1-21(2)11-7-8-15-16(9-11)22-17-10-14(19)12-5-3-4-6-13(12)18(17)20-15/h3-10,19H,1-2H3/p+1. The van der Waals surface area contributed by atoms with Crippen LogP contribution in [-0.4, -0.2) is 19.1 Å². The van der Waals surface area contributed by atoms with Gasteiger partial charge in [0.25, 0.3) is 0 Å². The van der Waals surface area contributed by atoms with Crippen molar-refractivity contribution < 1.29 is 4.42 Å². The zero-order valence-corrected chi connectivity index (χ0v) is 12.5. The molecule has 0 unspecified atom stereocenters. The number of fused-ring (bicyclic) bond motifs is 4. The molecule has 4 rings (SSSR count). The summed E-state index contributed by atoms with van der Waals surface area (Å²) in [4.78, 5) is 4.78. The van der Waals surface area contributed by atoms with Crippen LogP contribution >= 0.6 is 0 Å². The van der Waals surface area contributed by atoms with Gasteiger partial charge in [-0.05, 0) is 6.07 Å². The van der Waals surface area contributed by atoms with Crippen molar-refractivity contribution in [2.45, 2.75) is 0 Å². The molecule has 0 saturated carbocycles. The Morgan fingerprint density at radius 1 is 1.00 bits per heavy atom. The zero-order valence-electron chi connectivity index (χ0n) is 12.5. The van der Waals surface area contributed by atoms with Crippen LogP contribution in [0.3, 0.4) is 0 Å². The number of nitrogens with two attached hydrogens (primary N) is 1. The SMILES string of the molecule is C[N+](C)=c1ccc2nc3c(cc(N)c4ccccc43)oc-2c1. The molecule has 1 aliphatic carbocycles. The summed E-state index contributed by atoms with van der Waals surface area (Å²) in [6, 6.07) is 15.9. The molecule has 0 spiro atoms. The van der Waals surface area contributed by atoms with Crippen molar-refractivity contribution >= 4 is 27.6 Å². The fourth-order valence-corrected chi connectivity index (χ4v) is 2.75. The Morgan fingerprint density at radius 3 is 2.55 bits per heavy atom. The third kappa shape index (κ3) is 1.84. The molecule has 0 saturated heterocycles. The Labute approximate surface area is 127 Å². The van der Waals surface area contributed by atoms with Crippen LogP contribution in [0.25, 0.3) is 33.3 Å². The van der Waals surface area contributed by atoms with Crippen LogP contribution in [0, 0.1) is 0 Å². The van der Waals surface area contributed by atoms with Gasteiger partial charge in [0.05, 0.1) is 6.07 Å². The van der Waals surface area contributed by atoms with E-state index in [0.29, 0.717) is 11.3 Å². The minimum absolute atomic E-state index is 0.705. The van der Waals surface area contributed by atoms with Crippen molar-refractivity contribution in [1.82, 2.24) is 9.56 Å². The molecule has 4 nitrogen and oxygen atoms in total. The third-order valence-electron chi connectivity index (χ3n) is 3.93. The fourth-order valence-electron chi connectivity index (χ4n) is 2.75. The second-order valence-corrected chi connectivity index (χ2v) is 5.62. The topological polar surface area (TPSA) is 55.1 Å². The molecular formula is C18H16N3O+. The normalized spacial score (nSPS) is 11.4. The molecule has 2 aromatic rings. The summed E-state index contributed by atoms with van der Waals surface area (Å²) in [5, 5.41) is 3.09. The molecule has 1 heterocycles. The highest BCUT2D eigenvalue weighted by atomic mass is 16.3. The van der Waals surface area contributed by atoms with E-state index in [2.05, 4.69) is 0 Å². The first-order valence-corrected chi connectivity index (χ1v) is 7.15. The van der Waals surface area contributed by atoms with E-state index in [1.807, 2.05) is 67.2 Å². The summed E-state index contributed by atoms with van der Waals surface area (Å²) in [6.45, 7) is 0. The summed E-state index contributed by atoms with van der Waals surface area (Å²) in [7, 11) is 4.00. The van der Waals surface area contributed by atoms with Crippen molar-refractivity contribution in [2.75, 3.05) is 19.8 Å². The number of nitrogens with zero attached hydrogens (tertiary/aromatic N) is 2. The van der Waals surface area contributed by atoms with E-state index >= 15 is 0 Å². The number of benzene rings is 3. The van der Waals surface area contributed by atoms with Gasteiger partial charge in [0.2, 0.25) is 5.36 Å². The molecule has 2 aromatic carbocycles. The van der Waals surface area contributed by atoms with Gasteiger partial charge in [0, 0.05) is 28.6 Å². The third-order valence-corrected chi connectivity index (χ3v) is 3.93. The molecule has 0 atom stereocenters. The summed E-state index contributed by atoms with van der Waals surface area (Å²) in [6.07, 6.45) is 0. The average Bonchev–Trinajstić information content (AvgIpc) is 2.53. The van der Waals surface area contributed by atoms with E-state index in [0.717, 1.165) is 33.1 Å². The van der Waals surface area contributed by atoms with Crippen molar-refractivity contribution in [3.63, 3.8) is 0 Å². The van der Waals surface area contributed by atoms with Gasteiger partial charge >= 0.3 is 0 Å². The lowest BCUT2D eigenvalue weighted by Gasteiger charge is -2.09. The molecule has 22 heavy (non-hydrogen) atoms. The van der Waals surface area contributed by atoms with Crippen LogP contribution in [0.1, 0.15) is 0 Å². The van der Waals surface area contributed by atoms with Crippen molar-refractivity contribution in [3.05, 3.63) is 53.9 Å². The maximum Gasteiger partial charge on any atom is 0.203 e. The van der Waals surface area contributed by atoms with Crippen LogP contribution in [0.2, 0.25) is 0 Å². The van der Waals surface area contributed by atoms with Crippen LogP contribution in [0.4, 0.5) is 5.69 Å². The van der Waals surface area contributed by atoms with E-state index < -0.39 is 0 Å². The Balaban J connectivity index is 2.19. The maximum absolute atomic E-state index is 6.15. The van der Waals surface area contributed by atoms with Crippen molar-refractivity contribution in [3.8, 4) is 11.5 Å². The molecule has 108 valence electrons. The summed E-state index contributed by atoms with van der Waals surface area (Å²) in [5.74, 6) is 0.758. The predicted molar refractivity (Wildman–Crippen MR) is 89.7 cm³/mol. The van der Waals surface area contributed by atoms with Crippen LogP contribution in [0.5, 0.6) is 0 Å². The number of rotatable bonds is 0. The molecule has 0 radical (unpaired) electrons. The molecule has 2 aliphatic rings. The molecule has 0 aromatic heterocycles. The second-order valence-electron chi connectivity index (χ2n) is 5.62. The van der Waals surface area contributed by atoms with E-state index in [-0.39, 0.29) is 0 Å². The average molecular weight is 290 g/mol. The number of hydrogen-bond donors (Lipinski definition) is 1. The van der Waals surface area contributed by atoms with Gasteiger partial charge in [-0.3, -0.25) is 0 Å². The van der Waals surface area contributed by atoms with Gasteiger partial charge < -0.3 is 10.2 Å². The van der Waals surface area contributed by atoms with E-state index in [1.54, 1.807) is 0 Å². The maximum atomic E-state index is 6.15. The number of anilines is 1. The Bertz CT molecular complexity index is 1060. The largest absolute Gasteiger partial charge is 0.452 e. The summed E-state index contributed by atoms with van der Waals surface area (Å²) < 4.78 is 8.09. The van der Waals surface area contributed by atoms with E-state index in [9.17, 15) is 0 Å². The van der Waals surface area contributed by atoms with E-state index in [1.165, 1.54) is 0 Å². The van der Waals surface area contributed by atoms with Crippen LogP contribution < -0.4 is 15.7 Å². The first-order chi connectivity index (χ1) is 10.6. The minimum atomic E-state index is 0.705. The zero-order chi connectivity index (χ0) is 15.3. The number of aromatic nitrogens is 1. The van der Waals surface area contributed by atoms with Gasteiger partial charge in [-0.15, -0.1) is 0 Å². The predicted octanol–water partition coefficient (Wildman–Crippen LogP) is 2.70. The molecule has 2 N–H and O–H groups in total. The smallest absolute Gasteiger partial charge is 0.203 e. The highest BCUT2D eigenvalue weighted by Gasteiger charge is 2.13. The van der Waals surface area contributed by atoms with Gasteiger partial charge in [-0.25, -0.2) is 9.56 Å². The summed E-state index contributed by atoms with van der Waals surface area (Å²) in [5.41, 5.74) is 9.25. The van der Waals surface area contributed by atoms with Gasteiger partial charge in [-0.1, -0.05) is 24.3 Å². The molecular weight excluding hydrogens is 274 g/mol. The number of nitrogen functional groups attached to an aromatic ring is 1. The lowest BCUT2D eigenvalue weighted by molar-refractivity contribution is 0.611. The van der Waals surface area contributed by atoms with Gasteiger partial charge in [0.1, 0.15) is 25.3 Å².